The first-order valence-corrected chi connectivity index (χ1v) is 9.61. The van der Waals surface area contributed by atoms with Gasteiger partial charge in [0.25, 0.3) is 0 Å². The SMILES string of the molecule is C=C(CCC(C(C)OC1=CC(N)CCC1)C(F)(F)F)OC1C=CCC(N)C1. The molecule has 0 bridgehead atoms. The Morgan fingerprint density at radius 1 is 1.37 bits per heavy atom. The molecule has 0 aromatic carbocycles. The zero-order valence-electron chi connectivity index (χ0n) is 15.9. The minimum atomic E-state index is -4.36. The van der Waals surface area contributed by atoms with E-state index in [1.165, 1.54) is 6.92 Å². The molecule has 7 heteroatoms. The highest BCUT2D eigenvalue weighted by atomic mass is 19.4. The molecule has 0 aliphatic heterocycles. The molecule has 2 rings (SSSR count). The standard InChI is InChI=1S/C20H31F3N2O2/c1-13(26-17-7-3-5-15(24)11-17)9-10-19(20(21,22)23)14(2)27-18-8-4-6-16(25)12-18/h3,7,12,14-17,19H,1,4-6,8-11,24-25H2,2H3. The zero-order chi connectivity index (χ0) is 20.0. The van der Waals surface area contributed by atoms with Crippen molar-refractivity contribution in [2.45, 2.75) is 82.3 Å². The number of hydrogen-bond acceptors (Lipinski definition) is 4. The molecule has 5 atom stereocenters. The maximum atomic E-state index is 13.5. The van der Waals surface area contributed by atoms with Gasteiger partial charge in [0.15, 0.2) is 0 Å². The molecule has 2 aliphatic carbocycles. The van der Waals surface area contributed by atoms with Gasteiger partial charge in [-0.1, -0.05) is 12.7 Å². The van der Waals surface area contributed by atoms with Gasteiger partial charge in [0, 0.05) is 31.3 Å². The first-order valence-electron chi connectivity index (χ1n) is 9.61. The normalized spacial score (nSPS) is 28.2. The third-order valence-electron chi connectivity index (χ3n) is 5.06. The van der Waals surface area contributed by atoms with E-state index in [1.807, 2.05) is 12.2 Å². The van der Waals surface area contributed by atoms with Crippen molar-refractivity contribution in [3.63, 3.8) is 0 Å². The predicted octanol–water partition coefficient (Wildman–Crippen LogP) is 4.32. The highest BCUT2D eigenvalue weighted by Crippen LogP contribution is 2.36. The largest absolute Gasteiger partial charge is 0.495 e. The number of nitrogens with two attached hydrogens (primary N) is 2. The van der Waals surface area contributed by atoms with Crippen molar-refractivity contribution < 1.29 is 22.6 Å². The van der Waals surface area contributed by atoms with Gasteiger partial charge in [-0.2, -0.15) is 13.2 Å². The average Bonchev–Trinajstić information content (AvgIpc) is 2.53. The van der Waals surface area contributed by atoms with Gasteiger partial charge in [-0.25, -0.2) is 0 Å². The quantitative estimate of drug-likeness (QED) is 0.480. The Hall–Kier alpha value is -1.47. The summed E-state index contributed by atoms with van der Waals surface area (Å²) in [7, 11) is 0. The molecule has 0 heterocycles. The van der Waals surface area contributed by atoms with E-state index in [0.29, 0.717) is 24.4 Å². The fourth-order valence-corrected chi connectivity index (χ4v) is 3.56. The Kier molecular flexibility index (Phi) is 7.79. The zero-order valence-corrected chi connectivity index (χ0v) is 15.9. The molecule has 27 heavy (non-hydrogen) atoms. The van der Waals surface area contributed by atoms with Crippen molar-refractivity contribution in [3.05, 3.63) is 36.3 Å². The number of halogens is 3. The lowest BCUT2D eigenvalue weighted by Crippen LogP contribution is -2.35. The van der Waals surface area contributed by atoms with Gasteiger partial charge in [0.2, 0.25) is 0 Å². The second-order valence-corrected chi connectivity index (χ2v) is 7.55. The van der Waals surface area contributed by atoms with Crippen LogP contribution in [0, 0.1) is 5.92 Å². The molecular weight excluding hydrogens is 357 g/mol. The fraction of sp³-hybridized carbons (Fsp3) is 0.700. The number of hydrogen-bond donors (Lipinski definition) is 2. The summed E-state index contributed by atoms with van der Waals surface area (Å²) in [5, 5.41) is 0. The minimum absolute atomic E-state index is 0.0132. The summed E-state index contributed by atoms with van der Waals surface area (Å²) in [6.45, 7) is 5.24. The second kappa shape index (κ2) is 9.64. The van der Waals surface area contributed by atoms with Crippen LogP contribution < -0.4 is 11.5 Å². The molecule has 0 saturated carbocycles. The Morgan fingerprint density at radius 2 is 2.11 bits per heavy atom. The van der Waals surface area contributed by atoms with Crippen LogP contribution in [0.25, 0.3) is 0 Å². The molecule has 0 spiro atoms. The van der Waals surface area contributed by atoms with Crippen molar-refractivity contribution in [3.8, 4) is 0 Å². The number of alkyl halides is 3. The van der Waals surface area contributed by atoms with Crippen LogP contribution in [0.2, 0.25) is 0 Å². The van der Waals surface area contributed by atoms with Crippen molar-refractivity contribution in [2.24, 2.45) is 17.4 Å². The first-order chi connectivity index (χ1) is 12.6. The van der Waals surface area contributed by atoms with Crippen LogP contribution in [-0.4, -0.2) is 30.5 Å². The molecule has 0 aromatic rings. The van der Waals surface area contributed by atoms with Crippen molar-refractivity contribution >= 4 is 0 Å². The van der Waals surface area contributed by atoms with E-state index >= 15 is 0 Å². The van der Waals surface area contributed by atoms with E-state index in [1.54, 1.807) is 6.08 Å². The molecule has 4 nitrogen and oxygen atoms in total. The van der Waals surface area contributed by atoms with Crippen LogP contribution in [0.4, 0.5) is 13.2 Å². The van der Waals surface area contributed by atoms with Gasteiger partial charge in [0.05, 0.1) is 17.4 Å². The average molecular weight is 388 g/mol. The maximum absolute atomic E-state index is 13.5. The smallest absolute Gasteiger partial charge is 0.395 e. The van der Waals surface area contributed by atoms with Crippen LogP contribution in [0.1, 0.15) is 51.9 Å². The van der Waals surface area contributed by atoms with Crippen molar-refractivity contribution in [1.82, 2.24) is 0 Å². The molecule has 0 amide bonds. The lowest BCUT2D eigenvalue weighted by molar-refractivity contribution is -0.202. The summed E-state index contributed by atoms with van der Waals surface area (Å²) in [6.07, 6.45) is 3.71. The van der Waals surface area contributed by atoms with E-state index in [4.69, 9.17) is 20.9 Å². The van der Waals surface area contributed by atoms with Crippen LogP contribution in [0.5, 0.6) is 0 Å². The predicted molar refractivity (Wildman–Crippen MR) is 99.6 cm³/mol. The van der Waals surface area contributed by atoms with Crippen molar-refractivity contribution in [1.29, 1.82) is 0 Å². The van der Waals surface area contributed by atoms with Gasteiger partial charge >= 0.3 is 6.18 Å². The van der Waals surface area contributed by atoms with Crippen molar-refractivity contribution in [2.75, 3.05) is 0 Å². The summed E-state index contributed by atoms with van der Waals surface area (Å²) in [5.41, 5.74) is 11.7. The summed E-state index contributed by atoms with van der Waals surface area (Å²) in [5.74, 6) is -0.688. The van der Waals surface area contributed by atoms with E-state index < -0.39 is 18.2 Å². The number of rotatable bonds is 8. The maximum Gasteiger partial charge on any atom is 0.395 e. The monoisotopic (exact) mass is 388 g/mol. The molecule has 154 valence electrons. The summed E-state index contributed by atoms with van der Waals surface area (Å²) < 4.78 is 51.9. The van der Waals surface area contributed by atoms with Crippen LogP contribution in [0.15, 0.2) is 36.3 Å². The van der Waals surface area contributed by atoms with E-state index in [9.17, 15) is 13.2 Å². The lowest BCUT2D eigenvalue weighted by Gasteiger charge is -2.30. The van der Waals surface area contributed by atoms with E-state index in [-0.39, 0.29) is 31.0 Å². The Balaban J connectivity index is 1.89. The molecule has 0 fully saturated rings. The van der Waals surface area contributed by atoms with Gasteiger partial charge in [-0.05, 0) is 44.8 Å². The summed E-state index contributed by atoms with van der Waals surface area (Å²) in [4.78, 5) is 0. The summed E-state index contributed by atoms with van der Waals surface area (Å²) >= 11 is 0. The highest BCUT2D eigenvalue weighted by Gasteiger charge is 2.44. The second-order valence-electron chi connectivity index (χ2n) is 7.55. The Morgan fingerprint density at radius 3 is 2.74 bits per heavy atom. The first kappa shape index (κ1) is 21.8. The lowest BCUT2D eigenvalue weighted by atomic mass is 9.95. The molecule has 4 N–H and O–H groups in total. The van der Waals surface area contributed by atoms with E-state index in [2.05, 4.69) is 6.58 Å². The van der Waals surface area contributed by atoms with E-state index in [0.717, 1.165) is 19.3 Å². The molecule has 0 saturated heterocycles. The van der Waals surface area contributed by atoms with Crippen LogP contribution >= 0.6 is 0 Å². The van der Waals surface area contributed by atoms with Gasteiger partial charge in [-0.3, -0.25) is 0 Å². The summed E-state index contributed by atoms with van der Waals surface area (Å²) in [6, 6.07) is -0.132. The molecule has 0 radical (unpaired) electrons. The topological polar surface area (TPSA) is 70.5 Å². The Labute approximate surface area is 159 Å². The van der Waals surface area contributed by atoms with Gasteiger partial charge in [-0.15, -0.1) is 0 Å². The number of allylic oxidation sites excluding steroid dienone is 2. The highest BCUT2D eigenvalue weighted by molar-refractivity contribution is 5.05. The van der Waals surface area contributed by atoms with Crippen LogP contribution in [-0.2, 0) is 9.47 Å². The Bertz CT molecular complexity index is 560. The minimum Gasteiger partial charge on any atom is -0.495 e. The number of ether oxygens (including phenoxy) is 2. The molecular formula is C20H31F3N2O2. The molecule has 2 aliphatic rings. The van der Waals surface area contributed by atoms with Gasteiger partial charge < -0.3 is 20.9 Å². The third kappa shape index (κ3) is 7.22. The molecule has 5 unspecified atom stereocenters. The molecule has 0 aromatic heterocycles. The van der Waals surface area contributed by atoms with Gasteiger partial charge in [0.1, 0.15) is 12.2 Å². The third-order valence-corrected chi connectivity index (χ3v) is 5.06. The fourth-order valence-electron chi connectivity index (χ4n) is 3.56. The van der Waals surface area contributed by atoms with Crippen LogP contribution in [0.3, 0.4) is 0 Å².